The Morgan fingerprint density at radius 1 is 1.29 bits per heavy atom. The molecule has 4 N–H and O–H groups in total. The van der Waals surface area contributed by atoms with Crippen molar-refractivity contribution in [2.45, 2.75) is 25.6 Å². The summed E-state index contributed by atoms with van der Waals surface area (Å²) in [6.07, 6.45) is -2.13. The monoisotopic (exact) mass is 301 g/mol. The lowest BCUT2D eigenvalue weighted by molar-refractivity contribution is -0.137. The van der Waals surface area contributed by atoms with Crippen LogP contribution in [0.1, 0.15) is 24.0 Å². The second kappa shape index (κ2) is 6.44. The smallest absolute Gasteiger partial charge is 0.326 e. The predicted molar refractivity (Wildman–Crippen MR) is 73.6 cm³/mol. The number of hydrogen-bond donors (Lipinski definition) is 3. The van der Waals surface area contributed by atoms with E-state index < -0.39 is 11.7 Å². The van der Waals surface area contributed by atoms with Crippen molar-refractivity contribution in [3.63, 3.8) is 0 Å². The Morgan fingerprint density at radius 3 is 2.57 bits per heavy atom. The summed E-state index contributed by atoms with van der Waals surface area (Å²) in [5.41, 5.74) is 5.02. The molecule has 0 heterocycles. The normalized spacial score (nSPS) is 15.0. The molecule has 7 heteroatoms. The van der Waals surface area contributed by atoms with Crippen molar-refractivity contribution in [1.82, 2.24) is 5.32 Å². The van der Waals surface area contributed by atoms with Gasteiger partial charge in [-0.3, -0.25) is 4.79 Å². The van der Waals surface area contributed by atoms with Crippen molar-refractivity contribution in [2.75, 3.05) is 18.4 Å². The second-order valence-corrected chi connectivity index (χ2v) is 5.24. The van der Waals surface area contributed by atoms with Crippen molar-refractivity contribution in [2.24, 2.45) is 11.7 Å². The zero-order valence-electron chi connectivity index (χ0n) is 11.5. The van der Waals surface area contributed by atoms with Crippen LogP contribution in [0, 0.1) is 5.92 Å². The third-order valence-corrected chi connectivity index (χ3v) is 3.26. The molecular weight excluding hydrogens is 283 g/mol. The van der Waals surface area contributed by atoms with E-state index in [4.69, 9.17) is 5.73 Å². The summed E-state index contributed by atoms with van der Waals surface area (Å²) < 4.78 is 38.3. The number of nitrogens with one attached hydrogen (secondary N) is 2. The van der Waals surface area contributed by atoms with Crippen LogP contribution >= 0.6 is 0 Å². The molecule has 0 unspecified atom stereocenters. The third kappa shape index (κ3) is 5.02. The molecule has 2 rings (SSSR count). The quantitative estimate of drug-likeness (QED) is 0.754. The number of alkyl halides is 3. The maximum Gasteiger partial charge on any atom is 0.416 e. The largest absolute Gasteiger partial charge is 0.416 e. The van der Waals surface area contributed by atoms with E-state index in [1.165, 1.54) is 18.9 Å². The van der Waals surface area contributed by atoms with Gasteiger partial charge in [0.25, 0.3) is 0 Å². The summed E-state index contributed by atoms with van der Waals surface area (Å²) in [5.74, 6) is 0.271. The van der Waals surface area contributed by atoms with Gasteiger partial charge in [0.1, 0.15) is 0 Å². The van der Waals surface area contributed by atoms with Gasteiger partial charge in [0.2, 0.25) is 5.91 Å². The molecule has 1 saturated carbocycles. The number of rotatable bonds is 6. The Kier molecular flexibility index (Phi) is 4.84. The SMILES string of the molecule is NCc1cc(NC(=O)CNCC2CC2)cc(C(F)(F)F)c1. The number of halogens is 3. The highest BCUT2D eigenvalue weighted by molar-refractivity contribution is 5.92. The molecule has 1 amide bonds. The van der Waals surface area contributed by atoms with Gasteiger partial charge >= 0.3 is 6.18 Å². The summed E-state index contributed by atoms with van der Waals surface area (Å²) >= 11 is 0. The lowest BCUT2D eigenvalue weighted by Crippen LogP contribution is -2.29. The minimum absolute atomic E-state index is 0.0211. The number of benzene rings is 1. The first-order valence-corrected chi connectivity index (χ1v) is 6.80. The summed E-state index contributed by atoms with van der Waals surface area (Å²) in [7, 11) is 0. The van der Waals surface area contributed by atoms with E-state index in [0.29, 0.717) is 11.5 Å². The number of carbonyl (C=O) groups excluding carboxylic acids is 1. The molecule has 0 spiro atoms. The summed E-state index contributed by atoms with van der Waals surface area (Å²) in [5, 5.41) is 5.45. The van der Waals surface area contributed by atoms with Crippen LogP contribution in [-0.2, 0) is 17.5 Å². The van der Waals surface area contributed by atoms with Crippen LogP contribution in [0.4, 0.5) is 18.9 Å². The van der Waals surface area contributed by atoms with Crippen LogP contribution in [-0.4, -0.2) is 19.0 Å². The molecule has 0 atom stereocenters. The van der Waals surface area contributed by atoms with Gasteiger partial charge in [0.05, 0.1) is 12.1 Å². The number of nitrogens with two attached hydrogens (primary N) is 1. The van der Waals surface area contributed by atoms with E-state index in [9.17, 15) is 18.0 Å². The molecule has 1 aliphatic rings. The maximum atomic E-state index is 12.8. The number of anilines is 1. The Balaban J connectivity index is 1.98. The molecule has 0 saturated heterocycles. The molecule has 4 nitrogen and oxygen atoms in total. The maximum absolute atomic E-state index is 12.8. The van der Waals surface area contributed by atoms with E-state index in [2.05, 4.69) is 10.6 Å². The first-order chi connectivity index (χ1) is 9.88. The highest BCUT2D eigenvalue weighted by Gasteiger charge is 2.31. The fourth-order valence-corrected chi connectivity index (χ4v) is 1.96. The second-order valence-electron chi connectivity index (χ2n) is 5.24. The van der Waals surface area contributed by atoms with Crippen molar-refractivity contribution in [3.05, 3.63) is 29.3 Å². The van der Waals surface area contributed by atoms with Gasteiger partial charge in [0, 0.05) is 12.2 Å². The van der Waals surface area contributed by atoms with Crippen molar-refractivity contribution in [3.8, 4) is 0 Å². The number of hydrogen-bond acceptors (Lipinski definition) is 3. The van der Waals surface area contributed by atoms with Gasteiger partial charge < -0.3 is 16.4 Å². The van der Waals surface area contributed by atoms with Gasteiger partial charge in [-0.2, -0.15) is 13.2 Å². The molecule has 0 bridgehead atoms. The first kappa shape index (κ1) is 15.8. The fourth-order valence-electron chi connectivity index (χ4n) is 1.96. The topological polar surface area (TPSA) is 67.1 Å². The van der Waals surface area contributed by atoms with Gasteiger partial charge in [-0.25, -0.2) is 0 Å². The van der Waals surface area contributed by atoms with E-state index in [-0.39, 0.29) is 24.7 Å². The minimum Gasteiger partial charge on any atom is -0.326 e. The molecule has 1 fully saturated rings. The lowest BCUT2D eigenvalue weighted by atomic mass is 10.1. The van der Waals surface area contributed by atoms with Crippen LogP contribution in [0.2, 0.25) is 0 Å². The predicted octanol–water partition coefficient (Wildman–Crippen LogP) is 2.10. The average molecular weight is 301 g/mol. The highest BCUT2D eigenvalue weighted by Crippen LogP contribution is 2.32. The molecule has 0 aromatic heterocycles. The van der Waals surface area contributed by atoms with Crippen molar-refractivity contribution >= 4 is 11.6 Å². The first-order valence-electron chi connectivity index (χ1n) is 6.80. The standard InChI is InChI=1S/C14H18F3N3O/c15-14(16,17)11-3-10(6-18)4-12(5-11)20-13(21)8-19-7-9-1-2-9/h3-5,9,19H,1-2,6-8,18H2,(H,20,21). The minimum atomic E-state index is -4.46. The molecular formula is C14H18F3N3O. The zero-order valence-corrected chi connectivity index (χ0v) is 11.5. The highest BCUT2D eigenvalue weighted by atomic mass is 19.4. The summed E-state index contributed by atoms with van der Waals surface area (Å²) in [6.45, 7) is 0.835. The van der Waals surface area contributed by atoms with Gasteiger partial charge in [-0.05, 0) is 49.1 Å². The Labute approximate surface area is 120 Å². The van der Waals surface area contributed by atoms with E-state index >= 15 is 0 Å². The molecule has 1 aromatic carbocycles. The molecule has 1 aromatic rings. The molecule has 0 radical (unpaired) electrons. The van der Waals surface area contributed by atoms with Crippen LogP contribution in [0.25, 0.3) is 0 Å². The van der Waals surface area contributed by atoms with Crippen molar-refractivity contribution < 1.29 is 18.0 Å². The van der Waals surface area contributed by atoms with Crippen molar-refractivity contribution in [1.29, 1.82) is 0 Å². The molecule has 116 valence electrons. The molecule has 0 aliphatic heterocycles. The average Bonchev–Trinajstić information content (AvgIpc) is 3.21. The Hall–Kier alpha value is -1.60. The number of amides is 1. The number of carbonyl (C=O) groups is 1. The molecule has 1 aliphatic carbocycles. The molecule has 21 heavy (non-hydrogen) atoms. The Morgan fingerprint density at radius 2 is 2.00 bits per heavy atom. The van der Waals surface area contributed by atoms with Crippen LogP contribution in [0.3, 0.4) is 0 Å². The van der Waals surface area contributed by atoms with Gasteiger partial charge in [-0.15, -0.1) is 0 Å². The van der Waals surface area contributed by atoms with Crippen LogP contribution in [0.5, 0.6) is 0 Å². The van der Waals surface area contributed by atoms with Crippen LogP contribution in [0.15, 0.2) is 18.2 Å². The van der Waals surface area contributed by atoms with Gasteiger partial charge in [-0.1, -0.05) is 0 Å². The summed E-state index contributed by atoms with van der Waals surface area (Å²) in [6, 6.07) is 3.35. The van der Waals surface area contributed by atoms with Gasteiger partial charge in [0.15, 0.2) is 0 Å². The zero-order chi connectivity index (χ0) is 15.5. The van der Waals surface area contributed by atoms with E-state index in [1.54, 1.807) is 0 Å². The Bertz CT molecular complexity index is 513. The van der Waals surface area contributed by atoms with Crippen LogP contribution < -0.4 is 16.4 Å². The lowest BCUT2D eigenvalue weighted by Gasteiger charge is -2.12. The van der Waals surface area contributed by atoms with E-state index in [0.717, 1.165) is 18.7 Å². The third-order valence-electron chi connectivity index (χ3n) is 3.26. The fraction of sp³-hybridized carbons (Fsp3) is 0.500. The van der Waals surface area contributed by atoms with E-state index in [1.807, 2.05) is 0 Å². The summed E-state index contributed by atoms with van der Waals surface area (Å²) in [4.78, 5) is 11.7.